The summed E-state index contributed by atoms with van der Waals surface area (Å²) in [5.74, 6) is 0.916. The Morgan fingerprint density at radius 2 is 1.95 bits per heavy atom. The molecule has 0 bridgehead atoms. The van der Waals surface area contributed by atoms with Gasteiger partial charge in [-0.1, -0.05) is 30.3 Å². The summed E-state index contributed by atoms with van der Waals surface area (Å²) in [7, 11) is 0. The molecule has 2 aromatic carbocycles. The van der Waals surface area contributed by atoms with Crippen molar-refractivity contribution >= 4 is 10.8 Å². The first-order valence-corrected chi connectivity index (χ1v) is 6.74. The molecule has 0 aliphatic carbocycles. The molecule has 0 fully saturated rings. The van der Waals surface area contributed by atoms with E-state index in [1.807, 2.05) is 25.1 Å². The van der Waals surface area contributed by atoms with E-state index in [2.05, 4.69) is 23.5 Å². The molecule has 2 N–H and O–H groups in total. The van der Waals surface area contributed by atoms with Crippen LogP contribution in [0.5, 0.6) is 5.75 Å². The van der Waals surface area contributed by atoms with Crippen molar-refractivity contribution in [3.63, 3.8) is 0 Å². The zero-order chi connectivity index (χ0) is 13.7. The third kappa shape index (κ3) is 4.10. The Labute approximate surface area is 126 Å². The maximum absolute atomic E-state index is 9.32. The van der Waals surface area contributed by atoms with Crippen LogP contribution in [0.15, 0.2) is 36.4 Å². The van der Waals surface area contributed by atoms with Gasteiger partial charge in [0.05, 0.1) is 12.7 Å². The Kier molecular flexibility index (Phi) is 6.79. The molecular weight excluding hydrogens is 274 g/mol. The molecule has 4 heteroatoms. The molecule has 0 amide bonds. The van der Waals surface area contributed by atoms with E-state index >= 15 is 0 Å². The van der Waals surface area contributed by atoms with Gasteiger partial charge in [-0.05, 0) is 30.7 Å². The van der Waals surface area contributed by atoms with E-state index in [1.165, 1.54) is 10.8 Å². The summed E-state index contributed by atoms with van der Waals surface area (Å²) in [4.78, 5) is 0. The van der Waals surface area contributed by atoms with Crippen LogP contribution in [0, 0.1) is 0 Å². The number of aliphatic hydroxyl groups is 1. The Bertz CT molecular complexity index is 543. The molecule has 20 heavy (non-hydrogen) atoms. The van der Waals surface area contributed by atoms with E-state index in [0.29, 0.717) is 19.7 Å². The molecule has 110 valence electrons. The van der Waals surface area contributed by atoms with Crippen molar-refractivity contribution in [3.8, 4) is 5.75 Å². The summed E-state index contributed by atoms with van der Waals surface area (Å²) in [5, 5.41) is 15.0. The van der Waals surface area contributed by atoms with Crippen LogP contribution < -0.4 is 22.5 Å². The number of halogens is 1. The van der Waals surface area contributed by atoms with Crippen LogP contribution in [0.3, 0.4) is 0 Å². The van der Waals surface area contributed by atoms with Crippen LogP contribution in [0.25, 0.3) is 10.8 Å². The molecule has 0 saturated heterocycles. The van der Waals surface area contributed by atoms with E-state index in [4.69, 9.17) is 4.74 Å². The lowest BCUT2D eigenvalue weighted by atomic mass is 10.0. The molecule has 2 rings (SSSR count). The fourth-order valence-corrected chi connectivity index (χ4v) is 2.20. The van der Waals surface area contributed by atoms with E-state index in [0.717, 1.165) is 11.3 Å². The molecule has 3 nitrogen and oxygen atoms in total. The quantitative estimate of drug-likeness (QED) is 0.770. The standard InChI is InChI=1S/C16H21NO2.ClH/c1-3-19-16-9-8-13-6-4-5-7-14(13)15(16)11-17-10-12(2)18;/h4-9,12,17-18H,3,10-11H2,1-2H3;1H/p-1. The van der Waals surface area contributed by atoms with Crippen LogP contribution in [-0.4, -0.2) is 24.4 Å². The number of benzene rings is 2. The van der Waals surface area contributed by atoms with Gasteiger partial charge in [0.25, 0.3) is 0 Å². The summed E-state index contributed by atoms with van der Waals surface area (Å²) >= 11 is 0. The number of nitrogens with one attached hydrogen (secondary N) is 1. The minimum Gasteiger partial charge on any atom is -1.00 e. The number of ether oxygens (including phenoxy) is 1. The smallest absolute Gasteiger partial charge is 0.124 e. The van der Waals surface area contributed by atoms with Crippen LogP contribution >= 0.6 is 0 Å². The molecule has 1 atom stereocenters. The monoisotopic (exact) mass is 294 g/mol. The van der Waals surface area contributed by atoms with Crippen molar-refractivity contribution in [2.75, 3.05) is 13.2 Å². The van der Waals surface area contributed by atoms with Gasteiger partial charge in [-0.2, -0.15) is 0 Å². The Morgan fingerprint density at radius 3 is 2.65 bits per heavy atom. The van der Waals surface area contributed by atoms with Crippen molar-refractivity contribution < 1.29 is 22.3 Å². The van der Waals surface area contributed by atoms with Crippen LogP contribution in [0.4, 0.5) is 0 Å². The van der Waals surface area contributed by atoms with Gasteiger partial charge in [-0.3, -0.25) is 0 Å². The lowest BCUT2D eigenvalue weighted by molar-refractivity contribution is -0.00000659. The molecule has 1 unspecified atom stereocenters. The fraction of sp³-hybridized carbons (Fsp3) is 0.375. The second-order valence-corrected chi connectivity index (χ2v) is 4.68. The number of aliphatic hydroxyl groups excluding tert-OH is 1. The number of hydrogen-bond acceptors (Lipinski definition) is 3. The predicted octanol–water partition coefficient (Wildman–Crippen LogP) is -0.287. The summed E-state index contributed by atoms with van der Waals surface area (Å²) < 4.78 is 5.70. The summed E-state index contributed by atoms with van der Waals surface area (Å²) in [6.07, 6.45) is -0.342. The molecular formula is C16H21ClNO2-. The highest BCUT2D eigenvalue weighted by Gasteiger charge is 2.08. The highest BCUT2D eigenvalue weighted by atomic mass is 35.5. The minimum absolute atomic E-state index is 0. The van der Waals surface area contributed by atoms with Crippen molar-refractivity contribution in [1.29, 1.82) is 0 Å². The Hall–Kier alpha value is -1.29. The normalized spacial score (nSPS) is 11.9. The molecule has 0 saturated carbocycles. The van der Waals surface area contributed by atoms with Crippen LogP contribution in [0.2, 0.25) is 0 Å². The zero-order valence-electron chi connectivity index (χ0n) is 11.9. The second-order valence-electron chi connectivity index (χ2n) is 4.68. The topological polar surface area (TPSA) is 41.5 Å². The second kappa shape index (κ2) is 8.10. The van der Waals surface area contributed by atoms with E-state index < -0.39 is 0 Å². The van der Waals surface area contributed by atoms with E-state index in [1.54, 1.807) is 6.92 Å². The van der Waals surface area contributed by atoms with Crippen LogP contribution in [0.1, 0.15) is 19.4 Å². The molecule has 0 aliphatic heterocycles. The van der Waals surface area contributed by atoms with Crippen molar-refractivity contribution in [3.05, 3.63) is 42.0 Å². The van der Waals surface area contributed by atoms with E-state index in [-0.39, 0.29) is 18.5 Å². The maximum Gasteiger partial charge on any atom is 0.124 e. The number of hydrogen-bond donors (Lipinski definition) is 2. The first-order valence-electron chi connectivity index (χ1n) is 6.74. The third-order valence-electron chi connectivity index (χ3n) is 3.04. The summed E-state index contributed by atoms with van der Waals surface area (Å²) in [6, 6.07) is 12.4. The number of fused-ring (bicyclic) bond motifs is 1. The zero-order valence-corrected chi connectivity index (χ0v) is 12.7. The highest BCUT2D eigenvalue weighted by Crippen LogP contribution is 2.28. The average molecular weight is 295 g/mol. The largest absolute Gasteiger partial charge is 1.00 e. The maximum atomic E-state index is 9.32. The number of rotatable bonds is 6. The Balaban J connectivity index is 0.00000200. The summed E-state index contributed by atoms with van der Waals surface area (Å²) in [6.45, 7) is 5.69. The molecule has 0 aromatic heterocycles. The van der Waals surface area contributed by atoms with Gasteiger partial charge in [-0.25, -0.2) is 0 Å². The minimum atomic E-state index is -0.342. The van der Waals surface area contributed by atoms with Gasteiger partial charge in [0.15, 0.2) is 0 Å². The molecule has 0 radical (unpaired) electrons. The lowest BCUT2D eigenvalue weighted by Crippen LogP contribution is -3.00. The first-order chi connectivity index (χ1) is 9.22. The Morgan fingerprint density at radius 1 is 1.20 bits per heavy atom. The van der Waals surface area contributed by atoms with Crippen molar-refractivity contribution in [2.45, 2.75) is 26.5 Å². The van der Waals surface area contributed by atoms with Crippen molar-refractivity contribution in [1.82, 2.24) is 5.32 Å². The van der Waals surface area contributed by atoms with Gasteiger partial charge in [-0.15, -0.1) is 0 Å². The van der Waals surface area contributed by atoms with Crippen molar-refractivity contribution in [2.24, 2.45) is 0 Å². The molecule has 0 aliphatic rings. The third-order valence-corrected chi connectivity index (χ3v) is 3.04. The average Bonchev–Trinajstić information content (AvgIpc) is 2.40. The van der Waals surface area contributed by atoms with Crippen LogP contribution in [-0.2, 0) is 6.54 Å². The fourth-order valence-electron chi connectivity index (χ4n) is 2.20. The SMILES string of the molecule is CCOc1ccc2ccccc2c1CNCC(C)O.[Cl-]. The van der Waals surface area contributed by atoms with E-state index in [9.17, 15) is 5.11 Å². The lowest BCUT2D eigenvalue weighted by Gasteiger charge is -2.14. The van der Waals surface area contributed by atoms with Gasteiger partial charge < -0.3 is 27.6 Å². The van der Waals surface area contributed by atoms with Gasteiger partial charge in [0.2, 0.25) is 0 Å². The molecule has 0 heterocycles. The highest BCUT2D eigenvalue weighted by molar-refractivity contribution is 5.87. The van der Waals surface area contributed by atoms with Gasteiger partial charge in [0.1, 0.15) is 5.75 Å². The predicted molar refractivity (Wildman–Crippen MR) is 78.5 cm³/mol. The van der Waals surface area contributed by atoms with Gasteiger partial charge in [0, 0.05) is 18.7 Å². The summed E-state index contributed by atoms with van der Waals surface area (Å²) in [5.41, 5.74) is 1.15. The van der Waals surface area contributed by atoms with Gasteiger partial charge >= 0.3 is 0 Å². The molecule has 2 aromatic rings. The molecule has 0 spiro atoms. The first kappa shape index (κ1) is 16.8.